The lowest BCUT2D eigenvalue weighted by atomic mass is 10.1. The number of nitrogens with zero attached hydrogens (tertiary/aromatic N) is 2. The fourth-order valence-electron chi connectivity index (χ4n) is 2.69. The normalized spacial score (nSPS) is 19.0. The minimum Gasteiger partial charge on any atom is -0.496 e. The van der Waals surface area contributed by atoms with Crippen molar-refractivity contribution in [2.45, 2.75) is 32.9 Å². The molecule has 1 aliphatic rings. The van der Waals surface area contributed by atoms with Crippen molar-refractivity contribution in [3.05, 3.63) is 28.2 Å². The first-order chi connectivity index (χ1) is 9.63. The van der Waals surface area contributed by atoms with Gasteiger partial charge in [-0.05, 0) is 47.0 Å². The van der Waals surface area contributed by atoms with Crippen LogP contribution in [-0.4, -0.2) is 49.1 Å². The summed E-state index contributed by atoms with van der Waals surface area (Å²) < 4.78 is 6.31. The van der Waals surface area contributed by atoms with Gasteiger partial charge in [0.15, 0.2) is 0 Å². The molecule has 0 bridgehead atoms. The Morgan fingerprint density at radius 1 is 1.25 bits per heavy atom. The van der Waals surface area contributed by atoms with E-state index < -0.39 is 0 Å². The summed E-state index contributed by atoms with van der Waals surface area (Å²) in [5.41, 5.74) is 1.34. The summed E-state index contributed by atoms with van der Waals surface area (Å²) in [6.45, 7) is 10.3. The first-order valence-electron chi connectivity index (χ1n) is 7.42. The van der Waals surface area contributed by atoms with Gasteiger partial charge < -0.3 is 4.74 Å². The summed E-state index contributed by atoms with van der Waals surface area (Å²) in [5.74, 6) is 0.898. The molecule has 0 radical (unpaired) electrons. The highest BCUT2D eigenvalue weighted by atomic mass is 79.9. The first kappa shape index (κ1) is 15.8. The Hall–Kier alpha value is -0.580. The average Bonchev–Trinajstić information content (AvgIpc) is 2.47. The first-order valence-corrected chi connectivity index (χ1v) is 8.22. The topological polar surface area (TPSA) is 15.7 Å². The Morgan fingerprint density at radius 3 is 2.50 bits per heavy atom. The van der Waals surface area contributed by atoms with Crippen LogP contribution in [0.1, 0.15) is 25.8 Å². The van der Waals surface area contributed by atoms with E-state index in [9.17, 15) is 0 Å². The van der Waals surface area contributed by atoms with Crippen LogP contribution in [0.15, 0.2) is 22.7 Å². The Morgan fingerprint density at radius 2 is 1.95 bits per heavy atom. The molecule has 1 fully saturated rings. The van der Waals surface area contributed by atoms with Crippen molar-refractivity contribution in [2.24, 2.45) is 0 Å². The average molecular weight is 341 g/mol. The molecule has 20 heavy (non-hydrogen) atoms. The molecule has 1 unspecified atom stereocenters. The van der Waals surface area contributed by atoms with Gasteiger partial charge in [0.1, 0.15) is 5.75 Å². The third-order valence-electron chi connectivity index (χ3n) is 4.24. The van der Waals surface area contributed by atoms with Crippen LogP contribution in [0, 0.1) is 0 Å². The zero-order chi connectivity index (χ0) is 14.5. The standard InChI is InChI=1S/C16H25BrN2O/c1-4-13(2)19-9-7-18(8-10-19)12-14-5-6-16(20-3)15(17)11-14/h5-6,11,13H,4,7-10,12H2,1-3H3. The number of ether oxygens (including phenoxy) is 1. The molecule has 0 aromatic heterocycles. The molecule has 0 saturated carbocycles. The maximum Gasteiger partial charge on any atom is 0.133 e. The molecule has 112 valence electrons. The fourth-order valence-corrected chi connectivity index (χ4v) is 3.27. The third kappa shape index (κ3) is 3.96. The summed E-state index contributed by atoms with van der Waals surface area (Å²) in [4.78, 5) is 5.13. The van der Waals surface area contributed by atoms with Crippen molar-refractivity contribution in [3.8, 4) is 5.75 Å². The zero-order valence-electron chi connectivity index (χ0n) is 12.7. The second kappa shape index (κ2) is 7.43. The summed E-state index contributed by atoms with van der Waals surface area (Å²) in [7, 11) is 1.70. The highest BCUT2D eigenvalue weighted by molar-refractivity contribution is 9.10. The van der Waals surface area contributed by atoms with Gasteiger partial charge in [0, 0.05) is 38.8 Å². The van der Waals surface area contributed by atoms with Crippen LogP contribution in [0.4, 0.5) is 0 Å². The zero-order valence-corrected chi connectivity index (χ0v) is 14.3. The smallest absolute Gasteiger partial charge is 0.133 e. The number of halogens is 1. The molecular weight excluding hydrogens is 316 g/mol. The van der Waals surface area contributed by atoms with Crippen molar-refractivity contribution in [3.63, 3.8) is 0 Å². The second-order valence-corrected chi connectivity index (χ2v) is 6.39. The monoisotopic (exact) mass is 340 g/mol. The summed E-state index contributed by atoms with van der Waals surface area (Å²) in [6, 6.07) is 7.08. The predicted octanol–water partition coefficient (Wildman–Crippen LogP) is 3.37. The number of hydrogen-bond donors (Lipinski definition) is 0. The quantitative estimate of drug-likeness (QED) is 0.817. The van der Waals surface area contributed by atoms with E-state index in [0.717, 1.165) is 29.9 Å². The number of hydrogen-bond acceptors (Lipinski definition) is 3. The SMILES string of the molecule is CCC(C)N1CCN(Cc2ccc(OC)c(Br)c2)CC1. The highest BCUT2D eigenvalue weighted by Gasteiger charge is 2.20. The van der Waals surface area contributed by atoms with Crippen LogP contribution in [-0.2, 0) is 6.54 Å². The molecule has 3 nitrogen and oxygen atoms in total. The van der Waals surface area contributed by atoms with Crippen LogP contribution >= 0.6 is 15.9 Å². The van der Waals surface area contributed by atoms with E-state index in [2.05, 4.69) is 51.7 Å². The van der Waals surface area contributed by atoms with E-state index in [4.69, 9.17) is 4.74 Å². The molecule has 1 atom stereocenters. The van der Waals surface area contributed by atoms with E-state index >= 15 is 0 Å². The Balaban J connectivity index is 1.88. The van der Waals surface area contributed by atoms with Crippen LogP contribution in [0.2, 0.25) is 0 Å². The van der Waals surface area contributed by atoms with E-state index in [0.29, 0.717) is 6.04 Å². The van der Waals surface area contributed by atoms with Crippen molar-refractivity contribution >= 4 is 15.9 Å². The molecule has 1 aliphatic heterocycles. The maximum atomic E-state index is 5.28. The van der Waals surface area contributed by atoms with E-state index in [1.165, 1.54) is 25.1 Å². The van der Waals surface area contributed by atoms with Gasteiger partial charge in [0.2, 0.25) is 0 Å². The molecule has 0 spiro atoms. The van der Waals surface area contributed by atoms with E-state index in [1.54, 1.807) is 7.11 Å². The minimum absolute atomic E-state index is 0.715. The van der Waals surface area contributed by atoms with E-state index in [-0.39, 0.29) is 0 Å². The largest absolute Gasteiger partial charge is 0.496 e. The molecule has 2 rings (SSSR count). The predicted molar refractivity (Wildman–Crippen MR) is 87.3 cm³/mol. The van der Waals surface area contributed by atoms with Crippen LogP contribution in [0.3, 0.4) is 0 Å². The lowest BCUT2D eigenvalue weighted by Crippen LogP contribution is -2.48. The van der Waals surface area contributed by atoms with Gasteiger partial charge in [-0.15, -0.1) is 0 Å². The Bertz CT molecular complexity index is 430. The van der Waals surface area contributed by atoms with Crippen LogP contribution < -0.4 is 4.74 Å². The molecule has 1 aromatic carbocycles. The van der Waals surface area contributed by atoms with Crippen molar-refractivity contribution in [2.75, 3.05) is 33.3 Å². The molecule has 1 aromatic rings. The molecule has 4 heteroatoms. The molecule has 1 heterocycles. The van der Waals surface area contributed by atoms with Gasteiger partial charge in [0.25, 0.3) is 0 Å². The van der Waals surface area contributed by atoms with Gasteiger partial charge in [0.05, 0.1) is 11.6 Å². The summed E-state index contributed by atoms with van der Waals surface area (Å²) in [5, 5.41) is 0. The Labute approximate surface area is 131 Å². The van der Waals surface area contributed by atoms with Crippen LogP contribution in [0.5, 0.6) is 5.75 Å². The highest BCUT2D eigenvalue weighted by Crippen LogP contribution is 2.26. The van der Waals surface area contributed by atoms with E-state index in [1.807, 2.05) is 6.07 Å². The second-order valence-electron chi connectivity index (χ2n) is 5.54. The van der Waals surface area contributed by atoms with Crippen LogP contribution in [0.25, 0.3) is 0 Å². The minimum atomic E-state index is 0.715. The van der Waals surface area contributed by atoms with Gasteiger partial charge in [-0.25, -0.2) is 0 Å². The lowest BCUT2D eigenvalue weighted by Gasteiger charge is -2.37. The number of piperazine rings is 1. The molecular formula is C16H25BrN2O. The molecule has 0 N–H and O–H groups in total. The van der Waals surface area contributed by atoms with Crippen molar-refractivity contribution in [1.29, 1.82) is 0 Å². The van der Waals surface area contributed by atoms with Crippen molar-refractivity contribution < 1.29 is 4.74 Å². The number of benzene rings is 1. The van der Waals surface area contributed by atoms with Crippen molar-refractivity contribution in [1.82, 2.24) is 9.80 Å². The number of rotatable bonds is 5. The van der Waals surface area contributed by atoms with Gasteiger partial charge in [-0.3, -0.25) is 9.80 Å². The van der Waals surface area contributed by atoms with Gasteiger partial charge in [-0.2, -0.15) is 0 Å². The summed E-state index contributed by atoms with van der Waals surface area (Å²) in [6.07, 6.45) is 1.24. The molecule has 0 aliphatic carbocycles. The Kier molecular flexibility index (Phi) is 5.87. The number of methoxy groups -OCH3 is 1. The fraction of sp³-hybridized carbons (Fsp3) is 0.625. The van der Waals surface area contributed by atoms with Gasteiger partial charge in [-0.1, -0.05) is 13.0 Å². The lowest BCUT2D eigenvalue weighted by molar-refractivity contribution is 0.0963. The third-order valence-corrected chi connectivity index (χ3v) is 4.86. The molecule has 0 amide bonds. The van der Waals surface area contributed by atoms with Gasteiger partial charge >= 0.3 is 0 Å². The maximum absolute atomic E-state index is 5.28. The molecule has 1 saturated heterocycles. The summed E-state index contributed by atoms with van der Waals surface area (Å²) >= 11 is 3.56.